The fourth-order valence-corrected chi connectivity index (χ4v) is 3.65. The van der Waals surface area contributed by atoms with Gasteiger partial charge in [0.25, 0.3) is 0 Å². The summed E-state index contributed by atoms with van der Waals surface area (Å²) >= 11 is 1.86. The van der Waals surface area contributed by atoms with Crippen LogP contribution in [0.5, 0.6) is 0 Å². The van der Waals surface area contributed by atoms with Crippen LogP contribution in [0.3, 0.4) is 0 Å². The number of nitrogens with one attached hydrogen (secondary N) is 1. The molecule has 2 nitrogen and oxygen atoms in total. The van der Waals surface area contributed by atoms with Crippen LogP contribution >= 0.6 is 11.8 Å². The van der Waals surface area contributed by atoms with Gasteiger partial charge in [-0.3, -0.25) is 0 Å². The maximum Gasteiger partial charge on any atom is 0.0610 e. The molecule has 0 heterocycles. The number of hydrogen-bond acceptors (Lipinski definition) is 3. The van der Waals surface area contributed by atoms with E-state index in [9.17, 15) is 5.11 Å². The van der Waals surface area contributed by atoms with Crippen LogP contribution in [-0.2, 0) is 0 Å². The molecule has 0 aliphatic carbocycles. The Balaban J connectivity index is 2.07. The summed E-state index contributed by atoms with van der Waals surface area (Å²) < 4.78 is 0. The van der Waals surface area contributed by atoms with E-state index in [0.29, 0.717) is 5.25 Å². The van der Waals surface area contributed by atoms with Gasteiger partial charge < -0.3 is 10.4 Å². The highest BCUT2D eigenvalue weighted by Crippen LogP contribution is 2.30. The first kappa shape index (κ1) is 15.4. The second-order valence-electron chi connectivity index (χ2n) is 5.61. The van der Waals surface area contributed by atoms with E-state index in [1.807, 2.05) is 18.8 Å². The number of fused-ring (bicyclic) bond motifs is 1. The number of aliphatic hydroxyl groups excluding tert-OH is 1. The lowest BCUT2D eigenvalue weighted by Crippen LogP contribution is -2.45. The van der Waals surface area contributed by atoms with E-state index in [2.05, 4.69) is 61.6 Å². The zero-order valence-corrected chi connectivity index (χ0v) is 13.2. The number of rotatable bonds is 6. The van der Waals surface area contributed by atoms with Gasteiger partial charge in [-0.1, -0.05) is 37.3 Å². The minimum Gasteiger partial charge on any atom is -0.394 e. The molecule has 0 saturated heterocycles. The van der Waals surface area contributed by atoms with Gasteiger partial charge in [0.05, 0.1) is 6.61 Å². The highest BCUT2D eigenvalue weighted by atomic mass is 32.2. The summed E-state index contributed by atoms with van der Waals surface area (Å²) in [6.45, 7) is 4.43. The Kier molecular flexibility index (Phi) is 5.08. The van der Waals surface area contributed by atoms with Crippen LogP contribution in [0.2, 0.25) is 0 Å². The molecule has 2 rings (SSSR count). The van der Waals surface area contributed by atoms with Crippen LogP contribution in [-0.4, -0.2) is 29.5 Å². The highest BCUT2D eigenvalue weighted by Gasteiger charge is 2.24. The predicted octanol–water partition coefficient (Wildman–Crippen LogP) is 3.68. The Morgan fingerprint density at radius 3 is 2.55 bits per heavy atom. The third kappa shape index (κ3) is 3.75. The molecule has 2 unspecified atom stereocenters. The van der Waals surface area contributed by atoms with Gasteiger partial charge in [-0.05, 0) is 43.3 Å². The number of thioether (sulfide) groups is 1. The number of benzene rings is 2. The van der Waals surface area contributed by atoms with E-state index in [-0.39, 0.29) is 12.1 Å². The standard InChI is InChI=1S/C17H23NOS/c1-13(11-17(2,12-19)18-3)20-16-9-8-14-6-4-5-7-15(14)10-16/h4-10,13,18-19H,11-12H2,1-3H3. The molecule has 0 saturated carbocycles. The van der Waals surface area contributed by atoms with E-state index in [1.54, 1.807) is 0 Å². The number of hydrogen-bond donors (Lipinski definition) is 2. The summed E-state index contributed by atoms with van der Waals surface area (Å²) in [5.74, 6) is 0. The zero-order valence-electron chi connectivity index (χ0n) is 12.4. The van der Waals surface area contributed by atoms with Gasteiger partial charge in [0, 0.05) is 15.7 Å². The van der Waals surface area contributed by atoms with E-state index < -0.39 is 0 Å². The van der Waals surface area contributed by atoms with Gasteiger partial charge in [0.2, 0.25) is 0 Å². The van der Waals surface area contributed by atoms with Gasteiger partial charge >= 0.3 is 0 Å². The van der Waals surface area contributed by atoms with Crippen molar-refractivity contribution in [2.45, 2.75) is 36.0 Å². The van der Waals surface area contributed by atoms with Crippen molar-refractivity contribution >= 4 is 22.5 Å². The second kappa shape index (κ2) is 6.61. The largest absolute Gasteiger partial charge is 0.394 e. The van der Waals surface area contributed by atoms with E-state index in [1.165, 1.54) is 15.7 Å². The summed E-state index contributed by atoms with van der Waals surface area (Å²) in [6.07, 6.45) is 0.928. The first-order valence-electron chi connectivity index (χ1n) is 7.01. The average molecular weight is 289 g/mol. The van der Waals surface area contributed by atoms with Gasteiger partial charge in [-0.25, -0.2) is 0 Å². The molecule has 0 spiro atoms. The van der Waals surface area contributed by atoms with Gasteiger partial charge in [0.15, 0.2) is 0 Å². The average Bonchev–Trinajstić information content (AvgIpc) is 2.47. The molecule has 108 valence electrons. The molecule has 0 radical (unpaired) electrons. The molecular weight excluding hydrogens is 266 g/mol. The monoisotopic (exact) mass is 289 g/mol. The molecule has 0 amide bonds. The maximum atomic E-state index is 9.47. The summed E-state index contributed by atoms with van der Waals surface area (Å²) in [5.41, 5.74) is -0.205. The van der Waals surface area contributed by atoms with Crippen molar-refractivity contribution in [3.8, 4) is 0 Å². The van der Waals surface area contributed by atoms with Crippen LogP contribution in [0.15, 0.2) is 47.4 Å². The van der Waals surface area contributed by atoms with E-state index >= 15 is 0 Å². The van der Waals surface area contributed by atoms with Crippen molar-refractivity contribution in [2.75, 3.05) is 13.7 Å². The molecule has 0 aliphatic rings. The third-order valence-electron chi connectivity index (χ3n) is 3.75. The lowest BCUT2D eigenvalue weighted by atomic mass is 9.97. The molecule has 0 aromatic heterocycles. The Morgan fingerprint density at radius 2 is 1.90 bits per heavy atom. The molecule has 20 heavy (non-hydrogen) atoms. The molecule has 2 aromatic rings. The zero-order chi connectivity index (χ0) is 14.6. The Morgan fingerprint density at radius 1 is 1.20 bits per heavy atom. The SMILES string of the molecule is CNC(C)(CO)CC(C)Sc1ccc2ccccc2c1. The van der Waals surface area contributed by atoms with Crippen LogP contribution in [0.1, 0.15) is 20.3 Å². The molecule has 2 atom stereocenters. The lowest BCUT2D eigenvalue weighted by molar-refractivity contribution is 0.174. The second-order valence-corrected chi connectivity index (χ2v) is 7.12. The maximum absolute atomic E-state index is 9.47. The topological polar surface area (TPSA) is 32.3 Å². The number of aliphatic hydroxyl groups is 1. The van der Waals surface area contributed by atoms with Crippen molar-refractivity contribution < 1.29 is 5.11 Å². The number of likely N-dealkylation sites (N-methyl/N-ethyl adjacent to an activating group) is 1. The van der Waals surface area contributed by atoms with E-state index in [4.69, 9.17) is 0 Å². The Labute approximate surface area is 125 Å². The smallest absolute Gasteiger partial charge is 0.0610 e. The van der Waals surface area contributed by atoms with Crippen LogP contribution < -0.4 is 5.32 Å². The highest BCUT2D eigenvalue weighted by molar-refractivity contribution is 8.00. The van der Waals surface area contributed by atoms with Crippen LogP contribution in [0, 0.1) is 0 Å². The predicted molar refractivity (Wildman–Crippen MR) is 88.4 cm³/mol. The molecule has 0 aliphatic heterocycles. The first-order chi connectivity index (χ1) is 9.56. The summed E-state index contributed by atoms with van der Waals surface area (Å²) in [6, 6.07) is 15.0. The van der Waals surface area contributed by atoms with Crippen molar-refractivity contribution in [2.24, 2.45) is 0 Å². The normalized spacial score (nSPS) is 16.0. The summed E-state index contributed by atoms with van der Waals surface area (Å²) in [4.78, 5) is 1.28. The quantitative estimate of drug-likeness (QED) is 0.796. The Hall–Kier alpha value is -1.03. The molecule has 2 N–H and O–H groups in total. The molecular formula is C17H23NOS. The molecule has 2 aromatic carbocycles. The van der Waals surface area contributed by atoms with Crippen molar-refractivity contribution in [1.82, 2.24) is 5.32 Å². The van der Waals surface area contributed by atoms with Gasteiger partial charge in [-0.15, -0.1) is 11.8 Å². The third-order valence-corrected chi connectivity index (χ3v) is 4.84. The van der Waals surface area contributed by atoms with Gasteiger partial charge in [-0.2, -0.15) is 0 Å². The fourth-order valence-electron chi connectivity index (χ4n) is 2.39. The molecule has 0 fully saturated rings. The van der Waals surface area contributed by atoms with E-state index in [0.717, 1.165) is 6.42 Å². The molecule has 0 bridgehead atoms. The van der Waals surface area contributed by atoms with Crippen molar-refractivity contribution in [3.05, 3.63) is 42.5 Å². The van der Waals surface area contributed by atoms with Crippen LogP contribution in [0.25, 0.3) is 10.8 Å². The van der Waals surface area contributed by atoms with Crippen molar-refractivity contribution in [1.29, 1.82) is 0 Å². The summed E-state index contributed by atoms with van der Waals surface area (Å²) in [5, 5.41) is 15.7. The minimum absolute atomic E-state index is 0.159. The fraction of sp³-hybridized carbons (Fsp3) is 0.412. The Bertz CT molecular complexity index is 566. The minimum atomic E-state index is -0.205. The lowest BCUT2D eigenvalue weighted by Gasteiger charge is -2.29. The van der Waals surface area contributed by atoms with Crippen LogP contribution in [0.4, 0.5) is 0 Å². The first-order valence-corrected chi connectivity index (χ1v) is 7.89. The molecule has 3 heteroatoms. The van der Waals surface area contributed by atoms with Gasteiger partial charge in [0.1, 0.15) is 0 Å². The van der Waals surface area contributed by atoms with Crippen molar-refractivity contribution in [3.63, 3.8) is 0 Å². The summed E-state index contributed by atoms with van der Waals surface area (Å²) in [7, 11) is 1.91.